The van der Waals surface area contributed by atoms with Gasteiger partial charge in [0, 0.05) is 24.2 Å². The monoisotopic (exact) mass is 484 g/mol. The van der Waals surface area contributed by atoms with E-state index in [9.17, 15) is 14.7 Å². The Kier molecular flexibility index (Phi) is 5.95. The second kappa shape index (κ2) is 8.17. The standard InChI is InChI=1S/C31H48O4/c1-18(2)26-22(34)16-31(17-32)15-10-21-20(27(26)31)8-9-24-29(21,6)13-11-23-28(4,5)25(35-19(3)33)12-14-30(23,24)7/h18,20-21,23-25,32H,8-17H2,1-7H3/t20-,21?,23?,24?,25-,29-,30-,31-/m0/s1. The van der Waals surface area contributed by atoms with Crippen LogP contribution in [0.1, 0.15) is 106 Å². The van der Waals surface area contributed by atoms with Crippen LogP contribution < -0.4 is 0 Å². The van der Waals surface area contributed by atoms with Crippen LogP contribution in [0.2, 0.25) is 0 Å². The minimum Gasteiger partial charge on any atom is -0.462 e. The van der Waals surface area contributed by atoms with Gasteiger partial charge in [0.25, 0.3) is 0 Å². The van der Waals surface area contributed by atoms with E-state index >= 15 is 0 Å². The molecule has 35 heavy (non-hydrogen) atoms. The maximum Gasteiger partial charge on any atom is 0.302 e. The molecule has 4 fully saturated rings. The van der Waals surface area contributed by atoms with Gasteiger partial charge in [0.1, 0.15) is 6.10 Å². The van der Waals surface area contributed by atoms with E-state index in [2.05, 4.69) is 41.5 Å². The number of aliphatic hydroxyl groups is 1. The van der Waals surface area contributed by atoms with Crippen LogP contribution in [-0.4, -0.2) is 29.6 Å². The predicted molar refractivity (Wildman–Crippen MR) is 137 cm³/mol. The van der Waals surface area contributed by atoms with Crippen LogP contribution >= 0.6 is 0 Å². The maximum absolute atomic E-state index is 13.2. The van der Waals surface area contributed by atoms with Crippen molar-refractivity contribution in [3.05, 3.63) is 11.1 Å². The molecule has 0 saturated heterocycles. The molecule has 4 nitrogen and oxygen atoms in total. The Morgan fingerprint density at radius 2 is 1.66 bits per heavy atom. The first-order valence-electron chi connectivity index (χ1n) is 14.4. The molecular weight excluding hydrogens is 436 g/mol. The first kappa shape index (κ1) is 25.5. The average molecular weight is 485 g/mol. The Hall–Kier alpha value is -1.16. The predicted octanol–water partition coefficient (Wildman–Crippen LogP) is 6.50. The SMILES string of the molecule is CC(=O)O[C@H]1CC[C@@]2(C)C(CC[C@@]3(C)C4CC[C@@]5(CO)CC(=O)C(C(C)C)=C5[C@H]4CCC32)C1(C)C. The minimum absolute atomic E-state index is 0.0132. The lowest BCUT2D eigenvalue weighted by Crippen LogP contribution is -2.63. The van der Waals surface area contributed by atoms with Crippen molar-refractivity contribution in [3.63, 3.8) is 0 Å². The lowest BCUT2D eigenvalue weighted by Gasteiger charge is -2.68. The van der Waals surface area contributed by atoms with Gasteiger partial charge in [-0.05, 0) is 97.4 Å². The zero-order valence-corrected chi connectivity index (χ0v) is 23.2. The maximum atomic E-state index is 13.2. The zero-order chi connectivity index (χ0) is 25.6. The summed E-state index contributed by atoms with van der Waals surface area (Å²) in [6.45, 7) is 15.8. The Bertz CT molecular complexity index is 946. The third-order valence-corrected chi connectivity index (χ3v) is 12.3. The molecule has 0 aromatic carbocycles. The highest BCUT2D eigenvalue weighted by atomic mass is 16.5. The number of fused-ring (bicyclic) bond motifs is 7. The fourth-order valence-electron chi connectivity index (χ4n) is 11.0. The third kappa shape index (κ3) is 3.40. The number of hydrogen-bond donors (Lipinski definition) is 1. The molecule has 196 valence electrons. The Morgan fingerprint density at radius 3 is 2.29 bits per heavy atom. The highest BCUT2D eigenvalue weighted by molar-refractivity contribution is 6.00. The van der Waals surface area contributed by atoms with Crippen molar-refractivity contribution in [2.45, 2.75) is 112 Å². The number of Topliss-reactive ketones (excluding diaryl/α,β-unsaturated/α-hetero) is 1. The number of rotatable bonds is 3. The fourth-order valence-corrected chi connectivity index (χ4v) is 11.0. The summed E-state index contributed by atoms with van der Waals surface area (Å²) in [5, 5.41) is 10.6. The molecule has 4 heteroatoms. The molecule has 3 unspecified atom stereocenters. The van der Waals surface area contributed by atoms with Gasteiger partial charge >= 0.3 is 5.97 Å². The molecule has 5 rings (SSSR count). The molecule has 4 saturated carbocycles. The normalized spacial score (nSPS) is 46.5. The number of allylic oxidation sites excluding steroid dienone is 1. The van der Waals surface area contributed by atoms with Crippen molar-refractivity contribution in [1.29, 1.82) is 0 Å². The largest absolute Gasteiger partial charge is 0.462 e. The van der Waals surface area contributed by atoms with E-state index in [1.165, 1.54) is 24.8 Å². The van der Waals surface area contributed by atoms with Gasteiger partial charge in [-0.1, -0.05) is 47.1 Å². The van der Waals surface area contributed by atoms with Gasteiger partial charge in [0.05, 0.1) is 6.61 Å². The van der Waals surface area contributed by atoms with Gasteiger partial charge in [0.15, 0.2) is 5.78 Å². The van der Waals surface area contributed by atoms with Gasteiger partial charge in [-0.3, -0.25) is 9.59 Å². The van der Waals surface area contributed by atoms with Gasteiger partial charge in [0.2, 0.25) is 0 Å². The smallest absolute Gasteiger partial charge is 0.302 e. The van der Waals surface area contributed by atoms with E-state index in [1.807, 2.05) is 0 Å². The Balaban J connectivity index is 1.51. The number of ketones is 1. The fraction of sp³-hybridized carbons (Fsp3) is 0.871. The summed E-state index contributed by atoms with van der Waals surface area (Å²) in [6, 6.07) is 0. The third-order valence-electron chi connectivity index (χ3n) is 12.3. The summed E-state index contributed by atoms with van der Waals surface area (Å²) in [5.74, 6) is 2.66. The van der Waals surface area contributed by atoms with E-state index in [4.69, 9.17) is 4.74 Å². The van der Waals surface area contributed by atoms with Crippen LogP contribution in [-0.2, 0) is 14.3 Å². The molecule has 0 amide bonds. The van der Waals surface area contributed by atoms with Gasteiger partial charge in [-0.15, -0.1) is 0 Å². The second-order valence-corrected chi connectivity index (χ2v) is 14.5. The quantitative estimate of drug-likeness (QED) is 0.464. The molecule has 0 radical (unpaired) electrons. The molecule has 5 aliphatic carbocycles. The van der Waals surface area contributed by atoms with Gasteiger partial charge < -0.3 is 9.84 Å². The van der Waals surface area contributed by atoms with Crippen LogP contribution in [0.5, 0.6) is 0 Å². The van der Waals surface area contributed by atoms with Crippen LogP contribution in [0, 0.1) is 51.2 Å². The Morgan fingerprint density at radius 1 is 0.971 bits per heavy atom. The summed E-state index contributed by atoms with van der Waals surface area (Å²) >= 11 is 0. The first-order valence-corrected chi connectivity index (χ1v) is 14.4. The molecule has 8 atom stereocenters. The van der Waals surface area contributed by atoms with E-state index in [0.717, 1.165) is 37.7 Å². The van der Waals surface area contributed by atoms with E-state index in [0.29, 0.717) is 35.9 Å². The van der Waals surface area contributed by atoms with Crippen molar-refractivity contribution in [3.8, 4) is 0 Å². The molecule has 1 N–H and O–H groups in total. The van der Waals surface area contributed by atoms with E-state index in [1.54, 1.807) is 6.92 Å². The molecule has 0 aliphatic heterocycles. The average Bonchev–Trinajstić information content (AvgIpc) is 3.08. The van der Waals surface area contributed by atoms with Crippen molar-refractivity contribution >= 4 is 11.8 Å². The molecule has 0 aromatic heterocycles. The molecule has 5 aliphatic rings. The number of hydrogen-bond acceptors (Lipinski definition) is 4. The van der Waals surface area contributed by atoms with E-state index < -0.39 is 0 Å². The van der Waals surface area contributed by atoms with Crippen molar-refractivity contribution < 1.29 is 19.4 Å². The molecular formula is C31H48O4. The zero-order valence-electron chi connectivity index (χ0n) is 23.2. The minimum atomic E-state index is -0.285. The molecule has 0 heterocycles. The molecule has 0 aromatic rings. The first-order chi connectivity index (χ1) is 16.3. The van der Waals surface area contributed by atoms with Crippen LogP contribution in [0.3, 0.4) is 0 Å². The van der Waals surface area contributed by atoms with Crippen LogP contribution in [0.4, 0.5) is 0 Å². The molecule has 0 spiro atoms. The van der Waals surface area contributed by atoms with Crippen LogP contribution in [0.15, 0.2) is 11.1 Å². The summed E-state index contributed by atoms with van der Waals surface area (Å²) in [5.41, 5.74) is 2.67. The summed E-state index contributed by atoms with van der Waals surface area (Å²) in [6.07, 6.45) is 9.53. The number of aliphatic hydroxyl groups excluding tert-OH is 1. The number of carbonyl (C=O) groups excluding carboxylic acids is 2. The highest BCUT2D eigenvalue weighted by Crippen LogP contribution is 2.72. The number of esters is 1. The Labute approximate surface area is 212 Å². The lowest BCUT2D eigenvalue weighted by atomic mass is 9.36. The summed E-state index contributed by atoms with van der Waals surface area (Å²) in [7, 11) is 0. The second-order valence-electron chi connectivity index (χ2n) is 14.5. The van der Waals surface area contributed by atoms with Crippen molar-refractivity contribution in [1.82, 2.24) is 0 Å². The topological polar surface area (TPSA) is 63.6 Å². The molecule has 0 bridgehead atoms. The van der Waals surface area contributed by atoms with Crippen molar-refractivity contribution in [2.24, 2.45) is 51.2 Å². The summed E-state index contributed by atoms with van der Waals surface area (Å²) < 4.78 is 5.86. The number of carbonyl (C=O) groups is 2. The lowest BCUT2D eigenvalue weighted by molar-refractivity contribution is -0.212. The van der Waals surface area contributed by atoms with Gasteiger partial charge in [-0.25, -0.2) is 0 Å². The highest BCUT2D eigenvalue weighted by Gasteiger charge is 2.66. The van der Waals surface area contributed by atoms with Crippen LogP contribution in [0.25, 0.3) is 0 Å². The van der Waals surface area contributed by atoms with Crippen molar-refractivity contribution in [2.75, 3.05) is 6.61 Å². The number of ether oxygens (including phenoxy) is 1. The summed E-state index contributed by atoms with van der Waals surface area (Å²) in [4.78, 5) is 25.0. The van der Waals surface area contributed by atoms with E-state index in [-0.39, 0.29) is 46.3 Å². The van der Waals surface area contributed by atoms with Gasteiger partial charge in [-0.2, -0.15) is 0 Å².